The van der Waals surface area contributed by atoms with Crippen LogP contribution in [-0.4, -0.2) is 69.0 Å². The number of likely N-dealkylation sites (tertiary alicyclic amines) is 1. The lowest BCUT2D eigenvalue weighted by molar-refractivity contribution is -0.137. The first kappa shape index (κ1) is 29.3. The molecule has 2 aliphatic rings. The molecule has 1 saturated carbocycles. The Hall–Kier alpha value is -4.19. The molecule has 222 valence electrons. The van der Waals surface area contributed by atoms with E-state index in [1.54, 1.807) is 29.2 Å². The predicted molar refractivity (Wildman–Crippen MR) is 155 cm³/mol. The number of aromatic nitrogens is 2. The Balaban J connectivity index is 1.28. The maximum absolute atomic E-state index is 14.2. The summed E-state index contributed by atoms with van der Waals surface area (Å²) in [5, 5.41) is 10.2. The quantitative estimate of drug-likeness (QED) is 0.346. The molecule has 0 spiro atoms. The number of hydrogen-bond acceptors (Lipinski definition) is 5. The van der Waals surface area contributed by atoms with Gasteiger partial charge in [0.25, 0.3) is 5.91 Å². The average molecular weight is 598 g/mol. The zero-order valence-corrected chi connectivity index (χ0v) is 24.0. The van der Waals surface area contributed by atoms with Crippen LogP contribution >= 0.6 is 11.6 Å². The number of hydrogen-bond donors (Lipinski definition) is 3. The van der Waals surface area contributed by atoms with Gasteiger partial charge >= 0.3 is 6.03 Å². The van der Waals surface area contributed by atoms with E-state index in [1.807, 2.05) is 0 Å². The van der Waals surface area contributed by atoms with Crippen LogP contribution in [0.2, 0.25) is 5.02 Å². The van der Waals surface area contributed by atoms with Gasteiger partial charge in [0.1, 0.15) is 12.4 Å². The van der Waals surface area contributed by atoms with Crippen LogP contribution in [0.3, 0.4) is 0 Å². The lowest BCUT2D eigenvalue weighted by Crippen LogP contribution is -2.43. The lowest BCUT2D eigenvalue weighted by atomic mass is 10.0. The number of amides is 5. The van der Waals surface area contributed by atoms with E-state index < -0.39 is 17.6 Å². The summed E-state index contributed by atoms with van der Waals surface area (Å²) in [6.07, 6.45) is 3.54. The van der Waals surface area contributed by atoms with Gasteiger partial charge in [-0.05, 0) is 55.9 Å². The summed E-state index contributed by atoms with van der Waals surface area (Å²) in [6.45, 7) is 2.96. The number of rotatable bonds is 9. The van der Waals surface area contributed by atoms with E-state index in [4.69, 9.17) is 17.3 Å². The number of halogens is 2. The van der Waals surface area contributed by atoms with Gasteiger partial charge < -0.3 is 26.2 Å². The lowest BCUT2D eigenvalue weighted by Gasteiger charge is -2.30. The van der Waals surface area contributed by atoms with Crippen molar-refractivity contribution in [3.8, 4) is 0 Å². The fraction of sp³-hybridized carbons (Fsp3) is 0.414. The molecule has 1 atom stereocenters. The minimum absolute atomic E-state index is 0.0280. The van der Waals surface area contributed by atoms with Crippen molar-refractivity contribution in [2.75, 3.05) is 25.0 Å². The number of nitrogens with one attached hydrogen (secondary N) is 2. The molecule has 0 radical (unpaired) electrons. The molecule has 13 heteroatoms. The molecule has 1 aromatic heterocycles. The number of nitrogens with zero attached hydrogens (tertiary/aromatic N) is 4. The molecule has 1 saturated heterocycles. The highest BCUT2D eigenvalue weighted by molar-refractivity contribution is 6.30. The van der Waals surface area contributed by atoms with Crippen molar-refractivity contribution < 1.29 is 23.6 Å². The van der Waals surface area contributed by atoms with Crippen molar-refractivity contribution in [2.24, 2.45) is 11.7 Å². The van der Waals surface area contributed by atoms with Gasteiger partial charge in [0.05, 0.1) is 17.1 Å². The first-order valence-electron chi connectivity index (χ1n) is 14.0. The maximum Gasteiger partial charge on any atom is 0.321 e. The molecule has 42 heavy (non-hydrogen) atoms. The third-order valence-corrected chi connectivity index (χ3v) is 7.89. The van der Waals surface area contributed by atoms with Gasteiger partial charge in [0, 0.05) is 42.3 Å². The van der Waals surface area contributed by atoms with E-state index in [9.17, 15) is 23.6 Å². The van der Waals surface area contributed by atoms with Crippen LogP contribution in [0.15, 0.2) is 36.4 Å². The molecule has 5 rings (SSSR count). The van der Waals surface area contributed by atoms with Crippen LogP contribution in [0.25, 0.3) is 10.9 Å². The molecule has 5 amide bonds. The SMILES string of the molecule is C[C@@H]1CCCN(C(=O)Nc2ccc3c(c2)c(C(N)=O)nn3CC(=O)N(CC(=O)NCc2cccc(Cl)c2F)C2CC2)C1. The molecular formula is C29H33ClFN7O4. The van der Waals surface area contributed by atoms with Crippen molar-refractivity contribution in [3.05, 3.63) is 58.5 Å². The van der Waals surface area contributed by atoms with E-state index in [0.717, 1.165) is 25.7 Å². The molecule has 0 bridgehead atoms. The molecular weight excluding hydrogens is 565 g/mol. The monoisotopic (exact) mass is 597 g/mol. The number of fused-ring (bicyclic) bond motifs is 1. The van der Waals surface area contributed by atoms with Gasteiger partial charge in [-0.1, -0.05) is 30.7 Å². The highest BCUT2D eigenvalue weighted by Gasteiger charge is 2.34. The summed E-state index contributed by atoms with van der Waals surface area (Å²) >= 11 is 5.81. The third kappa shape index (κ3) is 6.64. The number of urea groups is 1. The van der Waals surface area contributed by atoms with Crippen LogP contribution in [0.1, 0.15) is 48.7 Å². The second-order valence-electron chi connectivity index (χ2n) is 11.0. The largest absolute Gasteiger partial charge is 0.364 e. The summed E-state index contributed by atoms with van der Waals surface area (Å²) in [7, 11) is 0. The van der Waals surface area contributed by atoms with E-state index >= 15 is 0 Å². The van der Waals surface area contributed by atoms with E-state index in [2.05, 4.69) is 22.7 Å². The summed E-state index contributed by atoms with van der Waals surface area (Å²) in [6, 6.07) is 9.19. The summed E-state index contributed by atoms with van der Waals surface area (Å²) in [5.41, 5.74) is 6.77. The van der Waals surface area contributed by atoms with Crippen LogP contribution in [0, 0.1) is 11.7 Å². The Morgan fingerprint density at radius 2 is 1.95 bits per heavy atom. The van der Waals surface area contributed by atoms with Gasteiger partial charge in [-0.3, -0.25) is 19.1 Å². The van der Waals surface area contributed by atoms with E-state index in [1.165, 1.54) is 21.7 Å². The van der Waals surface area contributed by atoms with Crippen molar-refractivity contribution in [1.29, 1.82) is 0 Å². The van der Waals surface area contributed by atoms with Crippen LogP contribution in [-0.2, 0) is 22.7 Å². The van der Waals surface area contributed by atoms with Crippen molar-refractivity contribution in [2.45, 2.75) is 51.7 Å². The van der Waals surface area contributed by atoms with Crippen LogP contribution < -0.4 is 16.4 Å². The molecule has 3 aromatic rings. The molecule has 0 unspecified atom stereocenters. The Bertz CT molecular complexity index is 1540. The smallest absolute Gasteiger partial charge is 0.321 e. The zero-order valence-electron chi connectivity index (χ0n) is 23.2. The standard InChI is InChI=1S/C29H33ClFN7O4/c1-17-4-3-11-36(14-17)29(42)34-19-7-10-23-21(12-19)27(28(32)41)35-38(23)16-25(40)37(20-8-9-20)15-24(39)33-13-18-5-2-6-22(30)26(18)31/h2,5-7,10,12,17,20H,3-4,8-9,11,13-16H2,1H3,(H2,32,41)(H,33,39)(H,34,42)/t17-/m1/s1. The van der Waals surface area contributed by atoms with Gasteiger partial charge in [-0.2, -0.15) is 5.10 Å². The number of anilines is 1. The van der Waals surface area contributed by atoms with Gasteiger partial charge in [0.15, 0.2) is 5.69 Å². The zero-order chi connectivity index (χ0) is 30.0. The predicted octanol–water partition coefficient (Wildman–Crippen LogP) is 3.50. The number of benzene rings is 2. The summed E-state index contributed by atoms with van der Waals surface area (Å²) in [5.74, 6) is -1.75. The van der Waals surface area contributed by atoms with E-state index in [-0.39, 0.29) is 53.9 Å². The third-order valence-electron chi connectivity index (χ3n) is 7.59. The molecule has 4 N–H and O–H groups in total. The van der Waals surface area contributed by atoms with Crippen molar-refractivity contribution in [3.63, 3.8) is 0 Å². The summed E-state index contributed by atoms with van der Waals surface area (Å²) in [4.78, 5) is 54.3. The molecule has 2 fully saturated rings. The Kier molecular flexibility index (Phi) is 8.62. The second-order valence-corrected chi connectivity index (χ2v) is 11.4. The topological polar surface area (TPSA) is 143 Å². The molecule has 2 heterocycles. The van der Waals surface area contributed by atoms with Crippen LogP contribution in [0.4, 0.5) is 14.9 Å². The van der Waals surface area contributed by atoms with Gasteiger partial charge in [-0.25, -0.2) is 9.18 Å². The fourth-order valence-corrected chi connectivity index (χ4v) is 5.45. The number of carbonyl (C=O) groups is 4. The van der Waals surface area contributed by atoms with Gasteiger partial charge in [-0.15, -0.1) is 0 Å². The van der Waals surface area contributed by atoms with Crippen LogP contribution in [0.5, 0.6) is 0 Å². The average Bonchev–Trinajstić information content (AvgIpc) is 3.74. The Morgan fingerprint density at radius 1 is 1.17 bits per heavy atom. The number of nitrogens with two attached hydrogens (primary N) is 1. The number of carbonyl (C=O) groups excluding carboxylic acids is 4. The normalized spacial score (nSPS) is 16.7. The minimum Gasteiger partial charge on any atom is -0.364 e. The Labute approximate surface area is 247 Å². The highest BCUT2D eigenvalue weighted by Crippen LogP contribution is 2.28. The fourth-order valence-electron chi connectivity index (χ4n) is 5.25. The maximum atomic E-state index is 14.2. The van der Waals surface area contributed by atoms with Gasteiger partial charge in [0.2, 0.25) is 11.8 Å². The Morgan fingerprint density at radius 3 is 2.67 bits per heavy atom. The molecule has 1 aliphatic carbocycles. The first-order chi connectivity index (χ1) is 20.1. The summed E-state index contributed by atoms with van der Waals surface area (Å²) < 4.78 is 15.6. The van der Waals surface area contributed by atoms with Crippen molar-refractivity contribution in [1.82, 2.24) is 24.9 Å². The second kappa shape index (κ2) is 12.4. The number of primary amides is 1. The van der Waals surface area contributed by atoms with Crippen molar-refractivity contribution >= 4 is 51.9 Å². The molecule has 11 nitrogen and oxygen atoms in total. The molecule has 2 aromatic carbocycles. The number of piperidine rings is 1. The minimum atomic E-state index is -0.772. The molecule has 1 aliphatic heterocycles. The first-order valence-corrected chi connectivity index (χ1v) is 14.3. The highest BCUT2D eigenvalue weighted by atomic mass is 35.5. The van der Waals surface area contributed by atoms with E-state index in [0.29, 0.717) is 35.6 Å².